The smallest absolute Gasteiger partial charge is 0.255 e. The molecule has 1 aliphatic rings. The predicted molar refractivity (Wildman–Crippen MR) is 109 cm³/mol. The van der Waals surface area contributed by atoms with Crippen molar-refractivity contribution in [3.8, 4) is 11.5 Å². The van der Waals surface area contributed by atoms with Crippen molar-refractivity contribution in [3.63, 3.8) is 0 Å². The molecule has 0 unspecified atom stereocenters. The van der Waals surface area contributed by atoms with Crippen LogP contribution in [0.2, 0.25) is 0 Å². The second kappa shape index (κ2) is 9.15. The van der Waals surface area contributed by atoms with Crippen LogP contribution in [0.5, 0.6) is 11.5 Å². The molecule has 1 saturated heterocycles. The van der Waals surface area contributed by atoms with E-state index in [0.29, 0.717) is 0 Å². The van der Waals surface area contributed by atoms with Gasteiger partial charge in [0.05, 0.1) is 19.8 Å². The molecule has 1 fully saturated rings. The monoisotopic (exact) mass is 386 g/mol. The van der Waals surface area contributed by atoms with Crippen LogP contribution in [0.1, 0.15) is 15.9 Å². The number of hydrogen-bond donors (Lipinski definition) is 0. The molecular formula is C21H26N2O3S. The Labute approximate surface area is 165 Å². The Morgan fingerprint density at radius 2 is 1.78 bits per heavy atom. The van der Waals surface area contributed by atoms with E-state index >= 15 is 0 Å². The molecule has 6 heteroatoms. The average molecular weight is 387 g/mol. The van der Waals surface area contributed by atoms with Crippen LogP contribution in [0.4, 0.5) is 0 Å². The SMILES string of the molecule is COc1ccc(OC)c(CN2CCN(C(=O)c3ccccc3SC)CC2)c1. The van der Waals surface area contributed by atoms with E-state index in [2.05, 4.69) is 4.90 Å². The van der Waals surface area contributed by atoms with Crippen molar-refractivity contribution in [2.75, 3.05) is 46.7 Å². The predicted octanol–water partition coefficient (Wildman–Crippen LogP) is 3.38. The van der Waals surface area contributed by atoms with E-state index in [1.165, 1.54) is 0 Å². The standard InChI is InChI=1S/C21H26N2O3S/c1-25-17-8-9-19(26-2)16(14-17)15-22-10-12-23(13-11-22)21(24)18-6-4-5-7-20(18)27-3/h4-9,14H,10-13,15H2,1-3H3. The number of carbonyl (C=O) groups excluding carboxylic acids is 1. The summed E-state index contributed by atoms with van der Waals surface area (Å²) in [5, 5.41) is 0. The number of carbonyl (C=O) groups is 1. The van der Waals surface area contributed by atoms with Crippen molar-refractivity contribution in [2.45, 2.75) is 11.4 Å². The maximum atomic E-state index is 12.9. The summed E-state index contributed by atoms with van der Waals surface area (Å²) in [5.41, 5.74) is 1.90. The van der Waals surface area contributed by atoms with Crippen LogP contribution in [0.25, 0.3) is 0 Å². The summed E-state index contributed by atoms with van der Waals surface area (Å²) in [5.74, 6) is 1.81. The van der Waals surface area contributed by atoms with Crippen LogP contribution in [0, 0.1) is 0 Å². The van der Waals surface area contributed by atoms with Gasteiger partial charge in [-0.3, -0.25) is 9.69 Å². The molecule has 0 atom stereocenters. The first kappa shape index (κ1) is 19.6. The second-order valence-corrected chi connectivity index (χ2v) is 7.29. The number of nitrogens with zero attached hydrogens (tertiary/aromatic N) is 2. The van der Waals surface area contributed by atoms with Crippen LogP contribution in [-0.4, -0.2) is 62.4 Å². The topological polar surface area (TPSA) is 42.0 Å². The second-order valence-electron chi connectivity index (χ2n) is 6.45. The van der Waals surface area contributed by atoms with Crippen LogP contribution >= 0.6 is 11.8 Å². The number of hydrogen-bond acceptors (Lipinski definition) is 5. The summed E-state index contributed by atoms with van der Waals surface area (Å²) in [6, 6.07) is 13.7. The quantitative estimate of drug-likeness (QED) is 0.712. The molecule has 27 heavy (non-hydrogen) atoms. The number of thioether (sulfide) groups is 1. The fraction of sp³-hybridized carbons (Fsp3) is 0.381. The normalized spacial score (nSPS) is 14.9. The van der Waals surface area contributed by atoms with Crippen LogP contribution in [0.3, 0.4) is 0 Å². The molecule has 1 heterocycles. The molecule has 0 spiro atoms. The number of methoxy groups -OCH3 is 2. The molecule has 2 aromatic rings. The third-order valence-corrected chi connectivity index (χ3v) is 5.67. The van der Waals surface area contributed by atoms with E-state index in [4.69, 9.17) is 9.47 Å². The highest BCUT2D eigenvalue weighted by atomic mass is 32.2. The minimum Gasteiger partial charge on any atom is -0.497 e. The van der Waals surface area contributed by atoms with Gasteiger partial charge in [-0.2, -0.15) is 0 Å². The lowest BCUT2D eigenvalue weighted by atomic mass is 10.1. The summed E-state index contributed by atoms with van der Waals surface area (Å²) in [4.78, 5) is 18.2. The van der Waals surface area contributed by atoms with Crippen molar-refractivity contribution in [3.05, 3.63) is 53.6 Å². The van der Waals surface area contributed by atoms with E-state index in [1.807, 2.05) is 53.6 Å². The largest absolute Gasteiger partial charge is 0.497 e. The lowest BCUT2D eigenvalue weighted by Gasteiger charge is -2.35. The minimum atomic E-state index is 0.124. The lowest BCUT2D eigenvalue weighted by molar-refractivity contribution is 0.0624. The Morgan fingerprint density at radius 3 is 2.44 bits per heavy atom. The van der Waals surface area contributed by atoms with Crippen molar-refractivity contribution in [1.29, 1.82) is 0 Å². The molecule has 2 aromatic carbocycles. The van der Waals surface area contributed by atoms with Gasteiger partial charge >= 0.3 is 0 Å². The first-order valence-electron chi connectivity index (χ1n) is 9.01. The number of amides is 1. The molecule has 0 saturated carbocycles. The Bertz CT molecular complexity index is 789. The maximum absolute atomic E-state index is 12.9. The molecule has 1 amide bonds. The van der Waals surface area contributed by atoms with Crippen molar-refractivity contribution in [2.24, 2.45) is 0 Å². The van der Waals surface area contributed by atoms with E-state index in [0.717, 1.165) is 60.2 Å². The third-order valence-electron chi connectivity index (χ3n) is 4.88. The van der Waals surface area contributed by atoms with E-state index in [1.54, 1.807) is 26.0 Å². The molecule has 0 N–H and O–H groups in total. The Kier molecular flexibility index (Phi) is 6.63. The van der Waals surface area contributed by atoms with Crippen molar-refractivity contribution < 1.29 is 14.3 Å². The molecule has 0 bridgehead atoms. The number of piperazine rings is 1. The van der Waals surface area contributed by atoms with Gasteiger partial charge in [0.25, 0.3) is 5.91 Å². The lowest BCUT2D eigenvalue weighted by Crippen LogP contribution is -2.48. The first-order valence-corrected chi connectivity index (χ1v) is 10.2. The zero-order valence-electron chi connectivity index (χ0n) is 16.1. The molecule has 0 aliphatic carbocycles. The van der Waals surface area contributed by atoms with E-state index < -0.39 is 0 Å². The van der Waals surface area contributed by atoms with Gasteiger partial charge in [-0.1, -0.05) is 12.1 Å². The molecule has 3 rings (SSSR count). The van der Waals surface area contributed by atoms with Crippen LogP contribution in [0.15, 0.2) is 47.4 Å². The van der Waals surface area contributed by atoms with Gasteiger partial charge in [-0.25, -0.2) is 0 Å². The Morgan fingerprint density at radius 1 is 1.04 bits per heavy atom. The molecule has 1 aliphatic heterocycles. The summed E-state index contributed by atoms with van der Waals surface area (Å²) in [7, 11) is 3.35. The van der Waals surface area contributed by atoms with Gasteiger partial charge in [-0.15, -0.1) is 11.8 Å². The summed E-state index contributed by atoms with van der Waals surface area (Å²) < 4.78 is 10.8. The summed E-state index contributed by atoms with van der Waals surface area (Å²) in [6.07, 6.45) is 2.01. The zero-order valence-corrected chi connectivity index (χ0v) is 16.9. The van der Waals surface area contributed by atoms with Gasteiger partial charge in [0, 0.05) is 43.2 Å². The fourth-order valence-corrected chi connectivity index (χ4v) is 3.94. The molecule has 0 aromatic heterocycles. The fourth-order valence-electron chi connectivity index (χ4n) is 3.35. The van der Waals surface area contributed by atoms with Crippen molar-refractivity contribution >= 4 is 17.7 Å². The average Bonchev–Trinajstić information content (AvgIpc) is 2.73. The molecular weight excluding hydrogens is 360 g/mol. The van der Waals surface area contributed by atoms with E-state index in [-0.39, 0.29) is 5.91 Å². The zero-order chi connectivity index (χ0) is 19.2. The van der Waals surface area contributed by atoms with Crippen LogP contribution < -0.4 is 9.47 Å². The highest BCUT2D eigenvalue weighted by molar-refractivity contribution is 7.98. The highest BCUT2D eigenvalue weighted by Gasteiger charge is 2.24. The molecule has 144 valence electrons. The number of rotatable bonds is 6. The summed E-state index contributed by atoms with van der Waals surface area (Å²) >= 11 is 1.61. The van der Waals surface area contributed by atoms with Crippen molar-refractivity contribution in [1.82, 2.24) is 9.80 Å². The summed E-state index contributed by atoms with van der Waals surface area (Å²) in [6.45, 7) is 3.92. The minimum absolute atomic E-state index is 0.124. The van der Waals surface area contributed by atoms with Gasteiger partial charge in [0.15, 0.2) is 0 Å². The first-order chi connectivity index (χ1) is 13.2. The molecule has 5 nitrogen and oxygen atoms in total. The molecule has 0 radical (unpaired) electrons. The maximum Gasteiger partial charge on any atom is 0.255 e. The Balaban J connectivity index is 1.63. The van der Waals surface area contributed by atoms with Crippen LogP contribution in [-0.2, 0) is 6.54 Å². The van der Waals surface area contributed by atoms with E-state index in [9.17, 15) is 4.79 Å². The number of ether oxygens (including phenoxy) is 2. The third kappa shape index (κ3) is 4.57. The van der Waals surface area contributed by atoms with Gasteiger partial charge in [-0.05, 0) is 36.6 Å². The van der Waals surface area contributed by atoms with Gasteiger partial charge < -0.3 is 14.4 Å². The highest BCUT2D eigenvalue weighted by Crippen LogP contribution is 2.26. The van der Waals surface area contributed by atoms with Gasteiger partial charge in [0.1, 0.15) is 11.5 Å². The number of benzene rings is 2. The van der Waals surface area contributed by atoms with Gasteiger partial charge in [0.2, 0.25) is 0 Å². The Hall–Kier alpha value is -2.18.